The minimum Gasteiger partial charge on any atom is -0.495 e. The van der Waals surface area contributed by atoms with Gasteiger partial charge in [-0.05, 0) is 31.5 Å². The second-order valence-corrected chi connectivity index (χ2v) is 6.26. The first-order valence-electron chi connectivity index (χ1n) is 6.20. The minimum atomic E-state index is -3.68. The van der Waals surface area contributed by atoms with E-state index in [0.717, 1.165) is 5.56 Å². The summed E-state index contributed by atoms with van der Waals surface area (Å²) in [5.41, 5.74) is 7.29. The fourth-order valence-corrected chi connectivity index (χ4v) is 3.35. The Bertz CT molecular complexity index is 733. The van der Waals surface area contributed by atoms with Crippen LogP contribution in [0.1, 0.15) is 17.0 Å². The van der Waals surface area contributed by atoms with Gasteiger partial charge in [-0.3, -0.25) is 0 Å². The summed E-state index contributed by atoms with van der Waals surface area (Å²) in [6, 6.07) is 5.09. The molecule has 0 spiro atoms. The molecule has 0 saturated heterocycles. The lowest BCUT2D eigenvalue weighted by Gasteiger charge is -2.09. The Morgan fingerprint density at radius 1 is 1.38 bits per heavy atom. The van der Waals surface area contributed by atoms with Crippen LogP contribution >= 0.6 is 0 Å². The largest absolute Gasteiger partial charge is 0.495 e. The maximum absolute atomic E-state index is 12.2. The molecule has 0 aliphatic carbocycles. The monoisotopic (exact) mass is 311 g/mol. The van der Waals surface area contributed by atoms with Gasteiger partial charge in [0.2, 0.25) is 10.0 Å². The summed E-state index contributed by atoms with van der Waals surface area (Å²) in [5.74, 6) is 0.807. The number of methoxy groups -OCH3 is 1. The molecule has 1 aromatic carbocycles. The highest BCUT2D eigenvalue weighted by molar-refractivity contribution is 7.89. The molecule has 114 valence electrons. The topological polar surface area (TPSA) is 107 Å². The quantitative estimate of drug-likeness (QED) is 0.807. The van der Waals surface area contributed by atoms with Crippen molar-refractivity contribution in [3.8, 4) is 5.75 Å². The van der Waals surface area contributed by atoms with Crippen LogP contribution in [-0.2, 0) is 16.6 Å². The zero-order valence-electron chi connectivity index (χ0n) is 12.0. The highest BCUT2D eigenvalue weighted by atomic mass is 32.2. The molecule has 2 aromatic rings. The molecule has 0 amide bonds. The van der Waals surface area contributed by atoms with Crippen LogP contribution in [0.3, 0.4) is 0 Å². The smallest absolute Gasteiger partial charge is 0.246 e. The predicted octanol–water partition coefficient (Wildman–Crippen LogP) is 1.36. The Labute approximate surface area is 123 Å². The van der Waals surface area contributed by atoms with Crippen LogP contribution in [0.4, 0.5) is 5.69 Å². The summed E-state index contributed by atoms with van der Waals surface area (Å²) in [6.45, 7) is 3.25. The minimum absolute atomic E-state index is 0.0731. The number of hydrogen-bond donors (Lipinski definition) is 2. The van der Waals surface area contributed by atoms with Crippen LogP contribution in [0.25, 0.3) is 0 Å². The maximum Gasteiger partial charge on any atom is 0.246 e. The Kier molecular flexibility index (Phi) is 4.19. The van der Waals surface area contributed by atoms with Gasteiger partial charge in [0.1, 0.15) is 16.3 Å². The number of hydrogen-bond acceptors (Lipinski definition) is 6. The lowest BCUT2D eigenvalue weighted by Crippen LogP contribution is -2.24. The first kappa shape index (κ1) is 15.3. The molecule has 0 unspecified atom stereocenters. The number of nitrogens with two attached hydrogens (primary N) is 1. The zero-order chi connectivity index (χ0) is 15.6. The highest BCUT2D eigenvalue weighted by Gasteiger charge is 2.23. The van der Waals surface area contributed by atoms with E-state index < -0.39 is 10.0 Å². The van der Waals surface area contributed by atoms with Crippen molar-refractivity contribution >= 4 is 15.7 Å². The number of nitrogens with zero attached hydrogens (tertiary/aromatic N) is 1. The second-order valence-electron chi connectivity index (χ2n) is 4.55. The normalized spacial score (nSPS) is 11.6. The van der Waals surface area contributed by atoms with E-state index in [0.29, 0.717) is 17.1 Å². The van der Waals surface area contributed by atoms with Gasteiger partial charge in [-0.2, -0.15) is 0 Å². The maximum atomic E-state index is 12.2. The molecule has 0 saturated carbocycles. The molecule has 3 N–H and O–H groups in total. The molecule has 21 heavy (non-hydrogen) atoms. The summed E-state index contributed by atoms with van der Waals surface area (Å²) in [5, 5.41) is 3.64. The second kappa shape index (κ2) is 5.74. The number of ether oxygens (including phenoxy) is 1. The molecule has 0 aliphatic heterocycles. The van der Waals surface area contributed by atoms with E-state index in [1.54, 1.807) is 32.0 Å². The SMILES string of the molecule is COc1ccc(CNS(=O)(=O)c2c(C)noc2C)cc1N. The summed E-state index contributed by atoms with van der Waals surface area (Å²) < 4.78 is 36.9. The summed E-state index contributed by atoms with van der Waals surface area (Å²) >= 11 is 0. The number of aryl methyl sites for hydroxylation is 2. The third kappa shape index (κ3) is 3.17. The standard InChI is InChI=1S/C13H17N3O4S/c1-8-13(9(2)20-16-8)21(17,18)15-7-10-4-5-12(19-3)11(14)6-10/h4-6,15H,7,14H2,1-3H3. The lowest BCUT2D eigenvalue weighted by molar-refractivity contribution is 0.390. The fourth-order valence-electron chi connectivity index (χ4n) is 2.00. The number of sulfonamides is 1. The number of rotatable bonds is 5. The third-order valence-corrected chi connectivity index (χ3v) is 4.64. The van der Waals surface area contributed by atoms with Crippen molar-refractivity contribution < 1.29 is 17.7 Å². The van der Waals surface area contributed by atoms with Crippen LogP contribution < -0.4 is 15.2 Å². The van der Waals surface area contributed by atoms with Crippen molar-refractivity contribution in [2.45, 2.75) is 25.3 Å². The van der Waals surface area contributed by atoms with E-state index in [-0.39, 0.29) is 17.2 Å². The number of nitrogens with one attached hydrogen (secondary N) is 1. The number of anilines is 1. The molecule has 0 bridgehead atoms. The van der Waals surface area contributed by atoms with Crippen molar-refractivity contribution in [2.75, 3.05) is 12.8 Å². The van der Waals surface area contributed by atoms with E-state index in [9.17, 15) is 8.42 Å². The highest BCUT2D eigenvalue weighted by Crippen LogP contribution is 2.23. The average molecular weight is 311 g/mol. The van der Waals surface area contributed by atoms with Gasteiger partial charge in [0.25, 0.3) is 0 Å². The first-order chi connectivity index (χ1) is 9.85. The molecular formula is C13H17N3O4S. The van der Waals surface area contributed by atoms with Crippen molar-refractivity contribution in [3.05, 3.63) is 35.2 Å². The average Bonchev–Trinajstić information content (AvgIpc) is 2.77. The molecule has 0 atom stereocenters. The summed E-state index contributed by atoms with van der Waals surface area (Å²) in [7, 11) is -2.16. The number of aromatic nitrogens is 1. The van der Waals surface area contributed by atoms with E-state index in [1.165, 1.54) is 7.11 Å². The van der Waals surface area contributed by atoms with Crippen LogP contribution in [0.15, 0.2) is 27.6 Å². The molecule has 1 heterocycles. The first-order valence-corrected chi connectivity index (χ1v) is 7.68. The Balaban J connectivity index is 2.18. The van der Waals surface area contributed by atoms with Crippen LogP contribution in [0.5, 0.6) is 5.75 Å². The zero-order valence-corrected chi connectivity index (χ0v) is 12.8. The van der Waals surface area contributed by atoms with E-state index >= 15 is 0 Å². The van der Waals surface area contributed by atoms with E-state index in [4.69, 9.17) is 15.0 Å². The number of benzene rings is 1. The van der Waals surface area contributed by atoms with Gasteiger partial charge in [-0.1, -0.05) is 11.2 Å². The van der Waals surface area contributed by atoms with Gasteiger partial charge in [-0.15, -0.1) is 0 Å². The molecule has 2 rings (SSSR count). The molecular weight excluding hydrogens is 294 g/mol. The van der Waals surface area contributed by atoms with Gasteiger partial charge >= 0.3 is 0 Å². The molecule has 0 fully saturated rings. The van der Waals surface area contributed by atoms with Crippen molar-refractivity contribution in [1.82, 2.24) is 9.88 Å². The third-order valence-electron chi connectivity index (χ3n) is 3.00. The van der Waals surface area contributed by atoms with Crippen molar-refractivity contribution in [3.63, 3.8) is 0 Å². The Morgan fingerprint density at radius 3 is 2.62 bits per heavy atom. The molecule has 8 heteroatoms. The lowest BCUT2D eigenvalue weighted by atomic mass is 10.2. The van der Waals surface area contributed by atoms with Crippen LogP contribution in [-0.4, -0.2) is 20.7 Å². The number of nitrogen functional groups attached to an aromatic ring is 1. The van der Waals surface area contributed by atoms with Crippen LogP contribution in [0.2, 0.25) is 0 Å². The van der Waals surface area contributed by atoms with Gasteiger partial charge < -0.3 is 15.0 Å². The predicted molar refractivity (Wildman–Crippen MR) is 77.4 cm³/mol. The summed E-state index contributed by atoms with van der Waals surface area (Å²) in [4.78, 5) is 0.0731. The van der Waals surface area contributed by atoms with Crippen LogP contribution in [0, 0.1) is 13.8 Å². The van der Waals surface area contributed by atoms with Gasteiger partial charge in [-0.25, -0.2) is 13.1 Å². The van der Waals surface area contributed by atoms with Crippen molar-refractivity contribution in [1.29, 1.82) is 0 Å². The summed E-state index contributed by atoms with van der Waals surface area (Å²) in [6.07, 6.45) is 0. The Morgan fingerprint density at radius 2 is 2.10 bits per heavy atom. The van der Waals surface area contributed by atoms with E-state index in [2.05, 4.69) is 9.88 Å². The van der Waals surface area contributed by atoms with Gasteiger partial charge in [0.05, 0.1) is 12.8 Å². The molecule has 7 nitrogen and oxygen atoms in total. The van der Waals surface area contributed by atoms with Gasteiger partial charge in [0.15, 0.2) is 5.76 Å². The van der Waals surface area contributed by atoms with Gasteiger partial charge in [0, 0.05) is 6.54 Å². The fraction of sp³-hybridized carbons (Fsp3) is 0.308. The Hall–Kier alpha value is -2.06. The van der Waals surface area contributed by atoms with Crippen molar-refractivity contribution in [2.24, 2.45) is 0 Å². The molecule has 1 aromatic heterocycles. The van der Waals surface area contributed by atoms with E-state index in [1.807, 2.05) is 0 Å². The molecule has 0 radical (unpaired) electrons. The molecule has 0 aliphatic rings.